The molecule has 0 aromatic heterocycles. The number of nitrogens with one attached hydrogen (secondary N) is 1. The number of amides is 2. The van der Waals surface area contributed by atoms with Crippen molar-refractivity contribution < 1.29 is 14.7 Å². The summed E-state index contributed by atoms with van der Waals surface area (Å²) in [6, 6.07) is 0.706. The first-order valence-corrected chi connectivity index (χ1v) is 7.17. The lowest BCUT2D eigenvalue weighted by Gasteiger charge is -2.33. The van der Waals surface area contributed by atoms with Crippen LogP contribution in [0.5, 0.6) is 0 Å². The van der Waals surface area contributed by atoms with Crippen LogP contribution in [0.3, 0.4) is 0 Å². The maximum atomic E-state index is 12.4. The third-order valence-corrected chi connectivity index (χ3v) is 4.74. The predicted octanol–water partition coefficient (Wildman–Crippen LogP) is 0.339. The molecule has 0 bridgehead atoms. The minimum atomic E-state index is -0.687. The molecule has 19 heavy (non-hydrogen) atoms. The molecule has 0 spiro atoms. The van der Waals surface area contributed by atoms with Crippen molar-refractivity contribution in [1.29, 1.82) is 0 Å². The van der Waals surface area contributed by atoms with Crippen LogP contribution in [-0.4, -0.2) is 65.2 Å². The highest BCUT2D eigenvalue weighted by Gasteiger charge is 2.42. The van der Waals surface area contributed by atoms with E-state index in [1.165, 1.54) is 0 Å². The molecule has 2 heterocycles. The van der Waals surface area contributed by atoms with Crippen molar-refractivity contribution in [3.8, 4) is 0 Å². The van der Waals surface area contributed by atoms with Crippen LogP contribution in [0.15, 0.2) is 0 Å². The third-order valence-electron chi connectivity index (χ3n) is 4.74. The lowest BCUT2D eigenvalue weighted by Crippen LogP contribution is -2.50. The minimum Gasteiger partial charge on any atom is -0.481 e. The number of nitrogens with zero attached hydrogens (tertiary/aromatic N) is 2. The van der Waals surface area contributed by atoms with E-state index in [1.54, 1.807) is 0 Å². The third kappa shape index (κ3) is 2.29. The van der Waals surface area contributed by atoms with Crippen LogP contribution in [0.25, 0.3) is 0 Å². The molecule has 3 rings (SSSR count). The van der Waals surface area contributed by atoms with Crippen molar-refractivity contribution in [3.05, 3.63) is 0 Å². The van der Waals surface area contributed by atoms with E-state index in [4.69, 9.17) is 5.11 Å². The molecule has 1 aliphatic carbocycles. The molecular formula is C13H21N3O3. The Hall–Kier alpha value is -1.30. The zero-order chi connectivity index (χ0) is 13.4. The second-order valence-corrected chi connectivity index (χ2v) is 5.83. The van der Waals surface area contributed by atoms with Gasteiger partial charge in [-0.15, -0.1) is 0 Å². The van der Waals surface area contributed by atoms with Gasteiger partial charge in [-0.2, -0.15) is 0 Å². The Bertz CT molecular complexity index is 379. The van der Waals surface area contributed by atoms with E-state index in [2.05, 4.69) is 5.32 Å². The molecule has 6 nitrogen and oxygen atoms in total. The van der Waals surface area contributed by atoms with Crippen molar-refractivity contribution in [1.82, 2.24) is 15.1 Å². The topological polar surface area (TPSA) is 72.9 Å². The molecule has 1 atom stereocenters. The summed E-state index contributed by atoms with van der Waals surface area (Å²) in [6.07, 6.45) is 3.06. The van der Waals surface area contributed by atoms with Gasteiger partial charge in [0, 0.05) is 32.2 Å². The number of hydrogen-bond donors (Lipinski definition) is 2. The molecule has 2 aliphatic heterocycles. The average Bonchev–Trinajstić information content (AvgIpc) is 2.77. The first-order valence-electron chi connectivity index (χ1n) is 7.17. The summed E-state index contributed by atoms with van der Waals surface area (Å²) < 4.78 is 0. The average molecular weight is 267 g/mol. The van der Waals surface area contributed by atoms with E-state index in [-0.39, 0.29) is 18.0 Å². The quantitative estimate of drug-likeness (QED) is 0.756. The molecule has 0 unspecified atom stereocenters. The maximum absolute atomic E-state index is 12.4. The van der Waals surface area contributed by atoms with Gasteiger partial charge in [-0.3, -0.25) is 4.79 Å². The van der Waals surface area contributed by atoms with Crippen molar-refractivity contribution in [2.75, 3.05) is 26.2 Å². The van der Waals surface area contributed by atoms with Crippen LogP contribution in [0.2, 0.25) is 0 Å². The van der Waals surface area contributed by atoms with Crippen molar-refractivity contribution in [3.63, 3.8) is 0 Å². The van der Waals surface area contributed by atoms with Crippen molar-refractivity contribution >= 4 is 12.0 Å². The molecule has 0 radical (unpaired) electrons. The number of aliphatic carboxylic acids is 1. The van der Waals surface area contributed by atoms with Crippen molar-refractivity contribution in [2.45, 2.75) is 37.8 Å². The summed E-state index contributed by atoms with van der Waals surface area (Å²) in [7, 11) is 0. The minimum absolute atomic E-state index is 0.158. The van der Waals surface area contributed by atoms with E-state index in [0.29, 0.717) is 18.9 Å². The first-order chi connectivity index (χ1) is 9.16. The molecule has 1 saturated carbocycles. The molecule has 3 fully saturated rings. The van der Waals surface area contributed by atoms with Gasteiger partial charge in [0.15, 0.2) is 0 Å². The van der Waals surface area contributed by atoms with E-state index in [9.17, 15) is 9.59 Å². The van der Waals surface area contributed by atoms with Crippen molar-refractivity contribution in [2.24, 2.45) is 5.92 Å². The predicted molar refractivity (Wildman–Crippen MR) is 68.8 cm³/mol. The number of rotatable bonds is 2. The van der Waals surface area contributed by atoms with Crippen LogP contribution >= 0.6 is 0 Å². The Balaban J connectivity index is 1.61. The Morgan fingerprint density at radius 1 is 1.16 bits per heavy atom. The number of carbonyl (C=O) groups is 2. The highest BCUT2D eigenvalue weighted by atomic mass is 16.4. The molecule has 2 N–H and O–H groups in total. The first kappa shape index (κ1) is 12.7. The smallest absolute Gasteiger partial charge is 0.320 e. The van der Waals surface area contributed by atoms with Gasteiger partial charge >= 0.3 is 12.0 Å². The number of carboxylic acid groups (broad SMARTS) is 1. The van der Waals surface area contributed by atoms with Gasteiger partial charge in [0.05, 0.1) is 12.0 Å². The molecule has 2 saturated heterocycles. The second kappa shape index (κ2) is 5.00. The van der Waals surface area contributed by atoms with Gasteiger partial charge in [0.1, 0.15) is 0 Å². The zero-order valence-electron chi connectivity index (χ0n) is 11.0. The Morgan fingerprint density at radius 2 is 1.89 bits per heavy atom. The molecule has 106 valence electrons. The standard InChI is InChI=1S/C13H21N3O3/c17-12(18)9-1-3-10(4-2-9)16-8-11-7-14-5-6-15(11)13(16)19/h9-11,14H,1-8H2,(H,17,18)/t9-,10+,11-/m0/s1. The summed E-state index contributed by atoms with van der Waals surface area (Å²) in [5.74, 6) is -0.897. The van der Waals surface area contributed by atoms with E-state index >= 15 is 0 Å². The van der Waals surface area contributed by atoms with E-state index in [1.807, 2.05) is 9.80 Å². The van der Waals surface area contributed by atoms with Crippen LogP contribution < -0.4 is 5.32 Å². The van der Waals surface area contributed by atoms with Gasteiger partial charge in [-0.05, 0) is 25.7 Å². The lowest BCUT2D eigenvalue weighted by atomic mass is 9.85. The van der Waals surface area contributed by atoms with Crippen LogP contribution in [0.4, 0.5) is 4.79 Å². The van der Waals surface area contributed by atoms with Gasteiger partial charge in [0.25, 0.3) is 0 Å². The number of carboxylic acids is 1. The van der Waals surface area contributed by atoms with Gasteiger partial charge in [0.2, 0.25) is 0 Å². The number of hydrogen-bond acceptors (Lipinski definition) is 3. The van der Waals surface area contributed by atoms with Crippen LogP contribution in [-0.2, 0) is 4.79 Å². The van der Waals surface area contributed by atoms with Gasteiger partial charge in [-0.25, -0.2) is 4.79 Å². The van der Waals surface area contributed by atoms with E-state index < -0.39 is 5.97 Å². The lowest BCUT2D eigenvalue weighted by molar-refractivity contribution is -0.143. The van der Waals surface area contributed by atoms with Gasteiger partial charge < -0.3 is 20.2 Å². The van der Waals surface area contributed by atoms with Gasteiger partial charge in [-0.1, -0.05) is 0 Å². The van der Waals surface area contributed by atoms with E-state index in [0.717, 1.165) is 39.0 Å². The summed E-state index contributed by atoms with van der Waals surface area (Å²) >= 11 is 0. The maximum Gasteiger partial charge on any atom is 0.320 e. The summed E-state index contributed by atoms with van der Waals surface area (Å²) in [4.78, 5) is 27.3. The Labute approximate surface area is 112 Å². The molecule has 6 heteroatoms. The summed E-state index contributed by atoms with van der Waals surface area (Å²) in [5.41, 5.74) is 0. The fourth-order valence-electron chi connectivity index (χ4n) is 3.59. The number of fused-ring (bicyclic) bond motifs is 1. The summed E-state index contributed by atoms with van der Waals surface area (Å²) in [6.45, 7) is 3.35. The monoisotopic (exact) mass is 267 g/mol. The molecular weight excluding hydrogens is 246 g/mol. The second-order valence-electron chi connectivity index (χ2n) is 5.83. The number of carbonyl (C=O) groups excluding carboxylic acids is 1. The largest absolute Gasteiger partial charge is 0.481 e. The fourth-order valence-corrected chi connectivity index (χ4v) is 3.59. The SMILES string of the molecule is O=C1N2CCNC[C@H]2CN1[C@H]1CC[C@@H](C(=O)O)CC1. The molecule has 3 aliphatic rings. The van der Waals surface area contributed by atoms with Crippen LogP contribution in [0.1, 0.15) is 25.7 Å². The molecule has 0 aromatic rings. The van der Waals surface area contributed by atoms with Crippen LogP contribution in [0, 0.1) is 5.92 Å². The normalized spacial score (nSPS) is 35.4. The fraction of sp³-hybridized carbons (Fsp3) is 0.846. The molecule has 0 aromatic carbocycles. The zero-order valence-corrected chi connectivity index (χ0v) is 11.0. The Kier molecular flexibility index (Phi) is 3.35. The molecule has 2 amide bonds. The summed E-state index contributed by atoms with van der Waals surface area (Å²) in [5, 5.41) is 12.3. The highest BCUT2D eigenvalue weighted by Crippen LogP contribution is 2.31. The number of piperazine rings is 1. The Morgan fingerprint density at radius 3 is 2.53 bits per heavy atom. The number of urea groups is 1. The highest BCUT2D eigenvalue weighted by molar-refractivity contribution is 5.78.